The molecule has 1 aliphatic rings. The molecular weight excluding hydrogens is 378 g/mol. The highest BCUT2D eigenvalue weighted by molar-refractivity contribution is 6.33. The number of hydrogen-bond donors (Lipinski definition) is 1. The van der Waals surface area contributed by atoms with E-state index in [0.717, 1.165) is 29.1 Å². The van der Waals surface area contributed by atoms with Gasteiger partial charge in [0.15, 0.2) is 0 Å². The Kier molecular flexibility index (Phi) is 5.89. The van der Waals surface area contributed by atoms with E-state index in [2.05, 4.69) is 33.8 Å². The molecular formula is C19H22ClN7O. The number of aryl methyl sites for hydroxylation is 1. The van der Waals surface area contributed by atoms with Gasteiger partial charge in [0.1, 0.15) is 5.02 Å². The third kappa shape index (κ3) is 3.82. The van der Waals surface area contributed by atoms with Crippen molar-refractivity contribution in [2.45, 2.75) is 20.3 Å². The SMILES string of the molecule is C=NC(=NC1=C(C)CN(c2cn[nH]c(=O)c2Cl)C1)N(C)c1cccnc1CC. The zero-order valence-corrected chi connectivity index (χ0v) is 16.9. The summed E-state index contributed by atoms with van der Waals surface area (Å²) in [6.45, 7) is 8.83. The Bertz CT molecular complexity index is 1010. The summed E-state index contributed by atoms with van der Waals surface area (Å²) in [6, 6.07) is 3.87. The number of pyridine rings is 1. The van der Waals surface area contributed by atoms with E-state index in [1.165, 1.54) is 0 Å². The molecule has 0 fully saturated rings. The maximum absolute atomic E-state index is 11.7. The van der Waals surface area contributed by atoms with Gasteiger partial charge in [-0.15, -0.1) is 0 Å². The fraction of sp³-hybridized carbons (Fsp3) is 0.316. The first-order valence-electron chi connectivity index (χ1n) is 8.86. The lowest BCUT2D eigenvalue weighted by Crippen LogP contribution is -2.27. The largest absolute Gasteiger partial charge is 0.359 e. The van der Waals surface area contributed by atoms with Gasteiger partial charge in [-0.3, -0.25) is 9.78 Å². The van der Waals surface area contributed by atoms with Gasteiger partial charge in [-0.2, -0.15) is 5.10 Å². The number of H-pyrrole nitrogens is 1. The maximum atomic E-state index is 11.7. The molecule has 0 radical (unpaired) electrons. The van der Waals surface area contributed by atoms with Crippen molar-refractivity contribution in [3.8, 4) is 0 Å². The van der Waals surface area contributed by atoms with E-state index in [4.69, 9.17) is 16.6 Å². The van der Waals surface area contributed by atoms with Crippen LogP contribution in [0.2, 0.25) is 5.02 Å². The zero-order chi connectivity index (χ0) is 20.3. The number of hydrogen-bond acceptors (Lipinski definition) is 5. The number of nitrogens with one attached hydrogen (secondary N) is 1. The number of rotatable bonds is 4. The van der Waals surface area contributed by atoms with Crippen LogP contribution in [-0.4, -0.2) is 48.0 Å². The summed E-state index contributed by atoms with van der Waals surface area (Å²) in [6.07, 6.45) is 4.12. The maximum Gasteiger partial charge on any atom is 0.285 e. The van der Waals surface area contributed by atoms with Gasteiger partial charge in [0, 0.05) is 19.8 Å². The number of halogens is 1. The molecule has 146 valence electrons. The molecule has 0 aliphatic carbocycles. The Balaban J connectivity index is 1.88. The molecule has 28 heavy (non-hydrogen) atoms. The Morgan fingerprint density at radius 1 is 1.46 bits per heavy atom. The molecule has 2 aromatic rings. The lowest BCUT2D eigenvalue weighted by Gasteiger charge is -2.21. The van der Waals surface area contributed by atoms with Crippen molar-refractivity contribution in [3.05, 3.63) is 56.9 Å². The molecule has 1 N–H and O–H groups in total. The Morgan fingerprint density at radius 2 is 2.25 bits per heavy atom. The van der Waals surface area contributed by atoms with Gasteiger partial charge in [-0.25, -0.2) is 15.1 Å². The summed E-state index contributed by atoms with van der Waals surface area (Å²) >= 11 is 6.14. The second-order valence-electron chi connectivity index (χ2n) is 6.43. The average molecular weight is 400 g/mol. The number of nitrogens with zero attached hydrogens (tertiary/aromatic N) is 6. The molecule has 1 aliphatic heterocycles. The number of aliphatic imine (C=N–C) groups is 2. The minimum atomic E-state index is -0.411. The van der Waals surface area contributed by atoms with Crippen molar-refractivity contribution in [1.29, 1.82) is 0 Å². The summed E-state index contributed by atoms with van der Waals surface area (Å²) in [4.78, 5) is 28.8. The molecule has 0 bridgehead atoms. The van der Waals surface area contributed by atoms with Crippen LogP contribution in [0.3, 0.4) is 0 Å². The zero-order valence-electron chi connectivity index (χ0n) is 16.1. The Morgan fingerprint density at radius 3 is 2.96 bits per heavy atom. The predicted molar refractivity (Wildman–Crippen MR) is 114 cm³/mol. The molecule has 3 rings (SSSR count). The lowest BCUT2D eigenvalue weighted by atomic mass is 10.2. The van der Waals surface area contributed by atoms with E-state index in [1.807, 2.05) is 35.9 Å². The summed E-state index contributed by atoms with van der Waals surface area (Å²) in [5, 5.41) is 6.29. The molecule has 8 nitrogen and oxygen atoms in total. The van der Waals surface area contributed by atoms with E-state index in [0.29, 0.717) is 24.7 Å². The average Bonchev–Trinajstić information content (AvgIpc) is 3.07. The molecule has 0 spiro atoms. The number of guanidine groups is 1. The molecule has 0 saturated heterocycles. The standard InChI is InChI=1S/C19H22ClN7O/c1-5-13-15(7-6-8-22-13)26(4)19(21-3)24-14-11-27(10-12(14)2)16-9-23-25-18(28)17(16)20/h6-9H,3,5,10-11H2,1-2,4H3,(H,25,28). The number of aromatic nitrogens is 3. The van der Waals surface area contributed by atoms with Crippen LogP contribution in [0, 0.1) is 0 Å². The Labute approximate surface area is 168 Å². The van der Waals surface area contributed by atoms with Gasteiger partial charge in [0.2, 0.25) is 5.96 Å². The van der Waals surface area contributed by atoms with Crippen molar-refractivity contribution < 1.29 is 0 Å². The predicted octanol–water partition coefficient (Wildman–Crippen LogP) is 2.67. The smallest absolute Gasteiger partial charge is 0.285 e. The highest BCUT2D eigenvalue weighted by Crippen LogP contribution is 2.28. The van der Waals surface area contributed by atoms with E-state index in [9.17, 15) is 4.79 Å². The molecule has 0 saturated carbocycles. The van der Waals surface area contributed by atoms with Crippen molar-refractivity contribution >= 4 is 35.7 Å². The van der Waals surface area contributed by atoms with Gasteiger partial charge in [0.25, 0.3) is 5.56 Å². The highest BCUT2D eigenvalue weighted by atomic mass is 35.5. The second-order valence-corrected chi connectivity index (χ2v) is 6.81. The van der Waals surface area contributed by atoms with Crippen LogP contribution in [0.25, 0.3) is 0 Å². The summed E-state index contributed by atoms with van der Waals surface area (Å²) < 4.78 is 0. The monoisotopic (exact) mass is 399 g/mol. The fourth-order valence-corrected chi connectivity index (χ4v) is 3.31. The third-order valence-corrected chi connectivity index (χ3v) is 4.98. The topological polar surface area (TPSA) is 89.8 Å². The van der Waals surface area contributed by atoms with E-state index < -0.39 is 5.56 Å². The van der Waals surface area contributed by atoms with Crippen LogP contribution in [0.15, 0.2) is 50.6 Å². The number of anilines is 2. The van der Waals surface area contributed by atoms with Crippen molar-refractivity contribution in [2.24, 2.45) is 9.98 Å². The summed E-state index contributed by atoms with van der Waals surface area (Å²) in [5.41, 5.74) is 3.98. The molecule has 0 aromatic carbocycles. The van der Waals surface area contributed by atoms with Crippen LogP contribution in [-0.2, 0) is 6.42 Å². The van der Waals surface area contributed by atoms with E-state index in [-0.39, 0.29) is 5.02 Å². The number of aromatic amines is 1. The van der Waals surface area contributed by atoms with Gasteiger partial charge in [-0.1, -0.05) is 18.5 Å². The third-order valence-electron chi connectivity index (χ3n) is 4.62. The van der Waals surface area contributed by atoms with E-state index >= 15 is 0 Å². The Hall–Kier alpha value is -3.00. The van der Waals surface area contributed by atoms with Crippen molar-refractivity contribution in [3.63, 3.8) is 0 Å². The molecule has 0 unspecified atom stereocenters. The van der Waals surface area contributed by atoms with Crippen LogP contribution < -0.4 is 15.4 Å². The molecule has 3 heterocycles. The van der Waals surface area contributed by atoms with Crippen LogP contribution in [0.4, 0.5) is 11.4 Å². The van der Waals surface area contributed by atoms with Crippen LogP contribution in [0.5, 0.6) is 0 Å². The summed E-state index contributed by atoms with van der Waals surface area (Å²) in [5.74, 6) is 0.481. The van der Waals surface area contributed by atoms with Crippen LogP contribution in [0.1, 0.15) is 19.5 Å². The minimum absolute atomic E-state index is 0.121. The van der Waals surface area contributed by atoms with Gasteiger partial charge < -0.3 is 9.80 Å². The first-order valence-corrected chi connectivity index (χ1v) is 9.23. The quantitative estimate of drug-likeness (QED) is 0.630. The van der Waals surface area contributed by atoms with Crippen molar-refractivity contribution in [2.75, 3.05) is 29.9 Å². The lowest BCUT2D eigenvalue weighted by molar-refractivity contribution is 0.922. The second kappa shape index (κ2) is 8.35. The van der Waals surface area contributed by atoms with Crippen LogP contribution >= 0.6 is 11.6 Å². The first kappa shape index (κ1) is 19.8. The van der Waals surface area contributed by atoms with Crippen molar-refractivity contribution in [1.82, 2.24) is 15.2 Å². The fourth-order valence-electron chi connectivity index (χ4n) is 3.10. The molecule has 2 aromatic heterocycles. The normalized spacial score (nSPS) is 14.6. The molecule has 0 atom stereocenters. The highest BCUT2D eigenvalue weighted by Gasteiger charge is 2.23. The van der Waals surface area contributed by atoms with Gasteiger partial charge >= 0.3 is 0 Å². The minimum Gasteiger partial charge on any atom is -0.359 e. The van der Waals surface area contributed by atoms with Gasteiger partial charge in [-0.05, 0) is 37.8 Å². The first-order chi connectivity index (χ1) is 13.5. The summed E-state index contributed by atoms with van der Waals surface area (Å²) in [7, 11) is 1.89. The van der Waals surface area contributed by atoms with E-state index in [1.54, 1.807) is 12.4 Å². The molecule has 9 heteroatoms. The van der Waals surface area contributed by atoms with Gasteiger partial charge in [0.05, 0.1) is 35.5 Å². The molecule has 0 amide bonds.